The second-order valence-electron chi connectivity index (χ2n) is 3.47. The summed E-state index contributed by atoms with van der Waals surface area (Å²) in [7, 11) is 0. The highest BCUT2D eigenvalue weighted by Crippen LogP contribution is 2.25. The van der Waals surface area contributed by atoms with Crippen molar-refractivity contribution in [1.82, 2.24) is 0 Å². The Labute approximate surface area is 96.7 Å². The Morgan fingerprint density at radius 3 is 2.18 bits per heavy atom. The standard InChI is InChI=1S/C14H7F3/c1-2-9-3-5-12(15)11(7-9)10-4-6-13(16)14(17)8-10/h1,3-8H. The van der Waals surface area contributed by atoms with Crippen LogP contribution in [0.15, 0.2) is 36.4 Å². The summed E-state index contributed by atoms with van der Waals surface area (Å²) in [6.45, 7) is 0. The van der Waals surface area contributed by atoms with Gasteiger partial charge in [0.1, 0.15) is 5.82 Å². The second-order valence-corrected chi connectivity index (χ2v) is 3.47. The lowest BCUT2D eigenvalue weighted by Gasteiger charge is -2.05. The zero-order chi connectivity index (χ0) is 12.4. The molecular weight excluding hydrogens is 225 g/mol. The SMILES string of the molecule is C#Cc1ccc(F)c(-c2ccc(F)c(F)c2)c1. The number of benzene rings is 2. The molecule has 3 heteroatoms. The van der Waals surface area contributed by atoms with Crippen LogP contribution in [0.5, 0.6) is 0 Å². The van der Waals surface area contributed by atoms with E-state index in [0.717, 1.165) is 12.1 Å². The Bertz CT molecular complexity index is 609. The Morgan fingerprint density at radius 1 is 0.824 bits per heavy atom. The maximum atomic E-state index is 13.5. The fraction of sp³-hybridized carbons (Fsp3) is 0. The van der Waals surface area contributed by atoms with Crippen LogP contribution in [0.4, 0.5) is 13.2 Å². The first-order valence-corrected chi connectivity index (χ1v) is 4.83. The smallest absolute Gasteiger partial charge is 0.159 e. The molecule has 2 aromatic rings. The molecule has 0 spiro atoms. The Hall–Kier alpha value is -2.21. The van der Waals surface area contributed by atoms with Crippen molar-refractivity contribution in [1.29, 1.82) is 0 Å². The van der Waals surface area contributed by atoms with Crippen molar-refractivity contribution in [3.05, 3.63) is 59.4 Å². The van der Waals surface area contributed by atoms with Crippen molar-refractivity contribution < 1.29 is 13.2 Å². The van der Waals surface area contributed by atoms with E-state index in [2.05, 4.69) is 5.92 Å². The van der Waals surface area contributed by atoms with E-state index in [1.165, 1.54) is 24.3 Å². The minimum Gasteiger partial charge on any atom is -0.206 e. The maximum absolute atomic E-state index is 13.5. The van der Waals surface area contributed by atoms with Gasteiger partial charge in [-0.2, -0.15) is 0 Å². The second kappa shape index (κ2) is 4.34. The van der Waals surface area contributed by atoms with Crippen molar-refractivity contribution in [2.45, 2.75) is 0 Å². The summed E-state index contributed by atoms with van der Waals surface area (Å²) >= 11 is 0. The zero-order valence-corrected chi connectivity index (χ0v) is 8.68. The van der Waals surface area contributed by atoms with Gasteiger partial charge < -0.3 is 0 Å². The zero-order valence-electron chi connectivity index (χ0n) is 8.68. The van der Waals surface area contributed by atoms with Crippen molar-refractivity contribution in [2.24, 2.45) is 0 Å². The minimum atomic E-state index is -1.02. The van der Waals surface area contributed by atoms with Crippen LogP contribution in [-0.2, 0) is 0 Å². The number of halogens is 3. The Balaban J connectivity index is 2.60. The molecule has 0 amide bonds. The molecule has 2 aromatic carbocycles. The van der Waals surface area contributed by atoms with Crippen LogP contribution in [0.1, 0.15) is 5.56 Å². The topological polar surface area (TPSA) is 0 Å². The van der Waals surface area contributed by atoms with Gasteiger partial charge in [-0.1, -0.05) is 12.0 Å². The van der Waals surface area contributed by atoms with Crippen molar-refractivity contribution >= 4 is 0 Å². The average Bonchev–Trinajstić information content (AvgIpc) is 2.33. The third-order valence-electron chi connectivity index (χ3n) is 2.36. The van der Waals surface area contributed by atoms with E-state index in [4.69, 9.17) is 6.42 Å². The predicted molar refractivity (Wildman–Crippen MR) is 59.7 cm³/mol. The largest absolute Gasteiger partial charge is 0.206 e. The molecule has 0 heterocycles. The molecule has 0 saturated carbocycles. The Morgan fingerprint density at radius 2 is 1.53 bits per heavy atom. The normalized spacial score (nSPS) is 10.0. The molecule has 0 N–H and O–H groups in total. The van der Waals surface area contributed by atoms with Crippen molar-refractivity contribution in [3.8, 4) is 23.5 Å². The van der Waals surface area contributed by atoms with Crippen LogP contribution in [0.3, 0.4) is 0 Å². The number of hydrogen-bond acceptors (Lipinski definition) is 0. The molecule has 0 radical (unpaired) electrons. The molecule has 0 nitrogen and oxygen atoms in total. The lowest BCUT2D eigenvalue weighted by molar-refractivity contribution is 0.509. The van der Waals surface area contributed by atoms with E-state index in [-0.39, 0.29) is 11.1 Å². The molecule has 0 fully saturated rings. The highest BCUT2D eigenvalue weighted by atomic mass is 19.2. The van der Waals surface area contributed by atoms with Crippen LogP contribution < -0.4 is 0 Å². The Kier molecular flexibility index (Phi) is 2.88. The molecular formula is C14H7F3. The summed E-state index contributed by atoms with van der Waals surface area (Å²) in [4.78, 5) is 0. The van der Waals surface area contributed by atoms with Crippen LogP contribution in [0.2, 0.25) is 0 Å². The van der Waals surface area contributed by atoms with Gasteiger partial charge in [-0.15, -0.1) is 6.42 Å². The molecule has 0 aliphatic carbocycles. The van der Waals surface area contributed by atoms with E-state index in [1.54, 1.807) is 0 Å². The van der Waals surface area contributed by atoms with Gasteiger partial charge in [-0.05, 0) is 35.9 Å². The monoisotopic (exact) mass is 232 g/mol. The van der Waals surface area contributed by atoms with Crippen molar-refractivity contribution in [3.63, 3.8) is 0 Å². The summed E-state index contributed by atoms with van der Waals surface area (Å²) < 4.78 is 39.3. The van der Waals surface area contributed by atoms with Gasteiger partial charge >= 0.3 is 0 Å². The van der Waals surface area contributed by atoms with E-state index < -0.39 is 17.5 Å². The lowest BCUT2D eigenvalue weighted by atomic mass is 10.0. The lowest BCUT2D eigenvalue weighted by Crippen LogP contribution is -1.89. The van der Waals surface area contributed by atoms with Crippen molar-refractivity contribution in [2.75, 3.05) is 0 Å². The van der Waals surface area contributed by atoms with Gasteiger partial charge in [0.05, 0.1) is 0 Å². The van der Waals surface area contributed by atoms with Crippen LogP contribution in [0, 0.1) is 29.8 Å². The number of terminal acetylenes is 1. The number of hydrogen-bond donors (Lipinski definition) is 0. The van der Waals surface area contributed by atoms with Gasteiger partial charge in [0.2, 0.25) is 0 Å². The van der Waals surface area contributed by atoms with E-state index in [0.29, 0.717) is 5.56 Å². The van der Waals surface area contributed by atoms with Gasteiger partial charge in [0, 0.05) is 11.1 Å². The van der Waals surface area contributed by atoms with E-state index in [1.807, 2.05) is 0 Å². The highest BCUT2D eigenvalue weighted by molar-refractivity contribution is 5.66. The molecule has 0 unspecified atom stereocenters. The maximum Gasteiger partial charge on any atom is 0.159 e. The molecule has 0 atom stereocenters. The average molecular weight is 232 g/mol. The molecule has 0 saturated heterocycles. The summed E-state index contributed by atoms with van der Waals surface area (Å²) in [6.07, 6.45) is 5.19. The first kappa shape index (κ1) is 11.3. The fourth-order valence-electron chi connectivity index (χ4n) is 1.50. The first-order valence-electron chi connectivity index (χ1n) is 4.83. The van der Waals surface area contributed by atoms with E-state index >= 15 is 0 Å². The summed E-state index contributed by atoms with van der Waals surface area (Å²) in [6, 6.07) is 7.25. The predicted octanol–water partition coefficient (Wildman–Crippen LogP) is 3.75. The molecule has 2 rings (SSSR count). The molecule has 0 aliphatic heterocycles. The molecule has 84 valence electrons. The third kappa shape index (κ3) is 2.16. The minimum absolute atomic E-state index is 0.152. The molecule has 0 bridgehead atoms. The van der Waals surface area contributed by atoms with Gasteiger partial charge in [-0.25, -0.2) is 13.2 Å². The van der Waals surface area contributed by atoms with E-state index in [9.17, 15) is 13.2 Å². The fourth-order valence-corrected chi connectivity index (χ4v) is 1.50. The van der Waals surface area contributed by atoms with Gasteiger partial charge in [0.15, 0.2) is 11.6 Å². The molecule has 17 heavy (non-hydrogen) atoms. The van der Waals surface area contributed by atoms with Gasteiger partial charge in [-0.3, -0.25) is 0 Å². The molecule has 0 aromatic heterocycles. The number of rotatable bonds is 1. The van der Waals surface area contributed by atoms with Gasteiger partial charge in [0.25, 0.3) is 0 Å². The summed E-state index contributed by atoms with van der Waals surface area (Å²) in [5.41, 5.74) is 0.879. The van der Waals surface area contributed by atoms with Crippen LogP contribution in [0.25, 0.3) is 11.1 Å². The quantitative estimate of drug-likeness (QED) is 0.657. The molecule has 0 aliphatic rings. The third-order valence-corrected chi connectivity index (χ3v) is 2.36. The first-order chi connectivity index (χ1) is 8.11. The summed E-state index contributed by atoms with van der Waals surface area (Å²) in [5, 5.41) is 0. The summed E-state index contributed by atoms with van der Waals surface area (Å²) in [5.74, 6) is -0.167. The van der Waals surface area contributed by atoms with Crippen LogP contribution in [-0.4, -0.2) is 0 Å². The van der Waals surface area contributed by atoms with Crippen LogP contribution >= 0.6 is 0 Å². The highest BCUT2D eigenvalue weighted by Gasteiger charge is 2.09.